The van der Waals surface area contributed by atoms with Crippen LogP contribution < -0.4 is 4.74 Å². The van der Waals surface area contributed by atoms with E-state index in [9.17, 15) is 9.90 Å². The van der Waals surface area contributed by atoms with Gasteiger partial charge in [-0.2, -0.15) is 5.10 Å². The lowest BCUT2D eigenvalue weighted by Gasteiger charge is -2.26. The predicted molar refractivity (Wildman–Crippen MR) is 113 cm³/mol. The summed E-state index contributed by atoms with van der Waals surface area (Å²) in [7, 11) is 1.65. The first kappa shape index (κ1) is 20.0. The average molecular weight is 407 g/mol. The molecular weight excluding hydrogens is 382 g/mol. The molecule has 0 saturated carbocycles. The SMILES string of the molecule is CCOc1cccc(C2c3c(-c4ccccc4O)n[nH]c3C(=O)N2CCCOC)c1. The van der Waals surface area contributed by atoms with Crippen molar-refractivity contribution in [2.24, 2.45) is 0 Å². The van der Waals surface area contributed by atoms with Gasteiger partial charge in [0.25, 0.3) is 5.91 Å². The lowest BCUT2D eigenvalue weighted by atomic mass is 9.95. The van der Waals surface area contributed by atoms with E-state index in [0.29, 0.717) is 43.1 Å². The van der Waals surface area contributed by atoms with Crippen LogP contribution >= 0.6 is 0 Å². The number of carbonyl (C=O) groups excluding carboxylic acids is 1. The minimum Gasteiger partial charge on any atom is -0.507 e. The number of rotatable bonds is 8. The van der Waals surface area contributed by atoms with Crippen LogP contribution in [0.3, 0.4) is 0 Å². The Labute approximate surface area is 175 Å². The van der Waals surface area contributed by atoms with E-state index >= 15 is 0 Å². The minimum atomic E-state index is -0.335. The number of phenols is 1. The average Bonchev–Trinajstić information content (AvgIpc) is 3.28. The van der Waals surface area contributed by atoms with Crippen LogP contribution in [0.4, 0.5) is 0 Å². The molecule has 1 aliphatic heterocycles. The number of amides is 1. The largest absolute Gasteiger partial charge is 0.507 e. The van der Waals surface area contributed by atoms with Crippen LogP contribution in [0.15, 0.2) is 48.5 Å². The number of phenolic OH excluding ortho intramolecular Hbond substituents is 1. The Morgan fingerprint density at radius 1 is 1.20 bits per heavy atom. The Morgan fingerprint density at radius 2 is 2.03 bits per heavy atom. The van der Waals surface area contributed by atoms with Gasteiger partial charge in [0.1, 0.15) is 22.9 Å². The van der Waals surface area contributed by atoms with Gasteiger partial charge in [0.15, 0.2) is 0 Å². The van der Waals surface area contributed by atoms with Crippen LogP contribution in [0.1, 0.15) is 41.0 Å². The van der Waals surface area contributed by atoms with Crippen molar-refractivity contribution >= 4 is 5.91 Å². The monoisotopic (exact) mass is 407 g/mol. The molecule has 7 heteroatoms. The maximum absolute atomic E-state index is 13.2. The number of hydrogen-bond donors (Lipinski definition) is 2. The molecule has 0 saturated heterocycles. The van der Waals surface area contributed by atoms with Crippen molar-refractivity contribution in [3.05, 3.63) is 65.4 Å². The number of H-pyrrole nitrogens is 1. The number of aromatic amines is 1. The fourth-order valence-electron chi connectivity index (χ4n) is 3.97. The molecule has 1 aliphatic rings. The van der Waals surface area contributed by atoms with E-state index in [4.69, 9.17) is 9.47 Å². The normalized spacial score (nSPS) is 15.5. The number of aromatic hydroxyl groups is 1. The standard InChI is InChI=1S/C23H25N3O4/c1-3-30-16-9-6-8-15(14-16)22-19-20(17-10-4-5-11-18(17)27)24-25-21(19)23(28)26(22)12-7-13-29-2/h4-6,8-11,14,22,27H,3,7,12-13H2,1-2H3,(H,24,25). The van der Waals surface area contributed by atoms with E-state index in [0.717, 1.165) is 16.9 Å². The highest BCUT2D eigenvalue weighted by molar-refractivity contribution is 6.00. The summed E-state index contributed by atoms with van der Waals surface area (Å²) in [6.45, 7) is 3.60. The van der Waals surface area contributed by atoms with Gasteiger partial charge in [-0.1, -0.05) is 24.3 Å². The van der Waals surface area contributed by atoms with Crippen molar-refractivity contribution in [1.82, 2.24) is 15.1 Å². The molecule has 30 heavy (non-hydrogen) atoms. The van der Waals surface area contributed by atoms with Gasteiger partial charge < -0.3 is 19.5 Å². The second-order valence-electron chi connectivity index (χ2n) is 7.13. The van der Waals surface area contributed by atoms with Crippen molar-refractivity contribution in [1.29, 1.82) is 0 Å². The van der Waals surface area contributed by atoms with Gasteiger partial charge in [-0.05, 0) is 43.2 Å². The van der Waals surface area contributed by atoms with E-state index in [1.54, 1.807) is 25.3 Å². The van der Waals surface area contributed by atoms with Gasteiger partial charge >= 0.3 is 0 Å². The summed E-state index contributed by atoms with van der Waals surface area (Å²) in [5.41, 5.74) is 3.33. The van der Waals surface area contributed by atoms with Crippen molar-refractivity contribution < 1.29 is 19.4 Å². The van der Waals surface area contributed by atoms with Crippen molar-refractivity contribution in [2.75, 3.05) is 26.9 Å². The highest BCUT2D eigenvalue weighted by atomic mass is 16.5. The number of carbonyl (C=O) groups is 1. The molecule has 2 N–H and O–H groups in total. The maximum Gasteiger partial charge on any atom is 0.273 e. The zero-order chi connectivity index (χ0) is 21.1. The highest BCUT2D eigenvalue weighted by Gasteiger charge is 2.42. The zero-order valence-corrected chi connectivity index (χ0v) is 17.1. The number of methoxy groups -OCH3 is 1. The number of para-hydroxylation sites is 1. The second-order valence-corrected chi connectivity index (χ2v) is 7.13. The molecule has 0 spiro atoms. The molecule has 7 nitrogen and oxygen atoms in total. The highest BCUT2D eigenvalue weighted by Crippen LogP contribution is 2.44. The number of benzene rings is 2. The van der Waals surface area contributed by atoms with Gasteiger partial charge in [-0.15, -0.1) is 0 Å². The van der Waals surface area contributed by atoms with E-state index in [2.05, 4.69) is 10.2 Å². The number of aromatic nitrogens is 2. The molecule has 0 fully saturated rings. The van der Waals surface area contributed by atoms with Crippen molar-refractivity contribution in [3.63, 3.8) is 0 Å². The molecule has 2 aromatic carbocycles. The summed E-state index contributed by atoms with van der Waals surface area (Å²) >= 11 is 0. The van der Waals surface area contributed by atoms with Gasteiger partial charge in [0.2, 0.25) is 0 Å². The smallest absolute Gasteiger partial charge is 0.273 e. The van der Waals surface area contributed by atoms with Crippen molar-refractivity contribution in [2.45, 2.75) is 19.4 Å². The molecule has 1 unspecified atom stereocenters. The molecule has 1 amide bonds. The molecule has 3 aromatic rings. The number of ether oxygens (including phenoxy) is 2. The van der Waals surface area contributed by atoms with Crippen LogP contribution in [-0.2, 0) is 4.74 Å². The summed E-state index contributed by atoms with van der Waals surface area (Å²) in [6, 6.07) is 14.5. The third kappa shape index (κ3) is 3.52. The first-order valence-electron chi connectivity index (χ1n) is 10.0. The van der Waals surface area contributed by atoms with Crippen LogP contribution in [0.5, 0.6) is 11.5 Å². The molecule has 0 aliphatic carbocycles. The number of hydrogen-bond acceptors (Lipinski definition) is 5. The van der Waals surface area contributed by atoms with Crippen molar-refractivity contribution in [3.8, 4) is 22.8 Å². The number of fused-ring (bicyclic) bond motifs is 1. The fourth-order valence-corrected chi connectivity index (χ4v) is 3.97. The summed E-state index contributed by atoms with van der Waals surface area (Å²) in [4.78, 5) is 15.1. The zero-order valence-electron chi connectivity index (χ0n) is 17.1. The van der Waals surface area contributed by atoms with Gasteiger partial charge in [0.05, 0.1) is 12.6 Å². The molecular formula is C23H25N3O4. The quantitative estimate of drug-likeness (QED) is 0.555. The summed E-state index contributed by atoms with van der Waals surface area (Å²) in [5, 5.41) is 17.7. The van der Waals surface area contributed by atoms with E-state index < -0.39 is 0 Å². The minimum absolute atomic E-state index is 0.109. The molecule has 1 atom stereocenters. The van der Waals surface area contributed by atoms with Crippen LogP contribution in [0.2, 0.25) is 0 Å². The number of nitrogens with zero attached hydrogens (tertiary/aromatic N) is 2. The lowest BCUT2D eigenvalue weighted by molar-refractivity contribution is 0.0723. The fraction of sp³-hybridized carbons (Fsp3) is 0.304. The van der Waals surface area contributed by atoms with E-state index in [-0.39, 0.29) is 17.7 Å². The molecule has 2 heterocycles. The first-order chi connectivity index (χ1) is 14.7. The van der Waals surface area contributed by atoms with Gasteiger partial charge in [-0.25, -0.2) is 0 Å². The molecule has 1 aromatic heterocycles. The summed E-state index contributed by atoms with van der Waals surface area (Å²) < 4.78 is 10.9. The molecule has 4 rings (SSSR count). The Kier molecular flexibility index (Phi) is 5.72. The second kappa shape index (κ2) is 8.59. The Morgan fingerprint density at radius 3 is 2.80 bits per heavy atom. The van der Waals surface area contributed by atoms with E-state index in [1.807, 2.05) is 42.2 Å². The Bertz CT molecular complexity index is 1050. The first-order valence-corrected chi connectivity index (χ1v) is 10.0. The van der Waals surface area contributed by atoms with E-state index in [1.165, 1.54) is 0 Å². The third-order valence-corrected chi connectivity index (χ3v) is 5.26. The van der Waals surface area contributed by atoms with Crippen LogP contribution in [0.25, 0.3) is 11.3 Å². The maximum atomic E-state index is 13.2. The molecule has 0 radical (unpaired) electrons. The van der Waals surface area contributed by atoms with Gasteiger partial charge in [0, 0.05) is 31.4 Å². The van der Waals surface area contributed by atoms with Crippen LogP contribution in [-0.4, -0.2) is 53.0 Å². The van der Waals surface area contributed by atoms with Gasteiger partial charge in [-0.3, -0.25) is 9.89 Å². The molecule has 0 bridgehead atoms. The third-order valence-electron chi connectivity index (χ3n) is 5.26. The Hall–Kier alpha value is -3.32. The molecule has 156 valence electrons. The Balaban J connectivity index is 1.83. The summed E-state index contributed by atoms with van der Waals surface area (Å²) in [5.74, 6) is 0.765. The summed E-state index contributed by atoms with van der Waals surface area (Å²) in [6.07, 6.45) is 0.716. The predicted octanol–water partition coefficient (Wildman–Crippen LogP) is 3.76. The lowest BCUT2D eigenvalue weighted by Crippen LogP contribution is -2.31. The topological polar surface area (TPSA) is 87.7 Å². The van der Waals surface area contributed by atoms with Crippen LogP contribution in [0, 0.1) is 0 Å². The number of nitrogens with one attached hydrogen (secondary N) is 1.